The summed E-state index contributed by atoms with van der Waals surface area (Å²) in [6.07, 6.45) is 3.19. The predicted octanol–water partition coefficient (Wildman–Crippen LogP) is 6.31. The van der Waals surface area contributed by atoms with Crippen LogP contribution in [0.4, 0.5) is 20.3 Å². The van der Waals surface area contributed by atoms with E-state index in [9.17, 15) is 23.2 Å². The monoisotopic (exact) mass is 573 g/mol. The van der Waals surface area contributed by atoms with Crippen LogP contribution in [0.1, 0.15) is 65.3 Å². The molecule has 2 heterocycles. The Balaban J connectivity index is 1.76. The van der Waals surface area contributed by atoms with Gasteiger partial charge in [0.1, 0.15) is 11.6 Å². The van der Waals surface area contributed by atoms with E-state index in [0.717, 1.165) is 32.0 Å². The molecule has 0 aliphatic carbocycles. The number of anilines is 2. The lowest BCUT2D eigenvalue weighted by Gasteiger charge is -2.22. The van der Waals surface area contributed by atoms with Crippen molar-refractivity contribution in [2.75, 3.05) is 23.3 Å². The number of carbonyl (C=O) groups is 3. The second kappa shape index (κ2) is 11.3. The molecule has 10 heteroatoms. The number of ether oxygens (including phenoxy) is 1. The van der Waals surface area contributed by atoms with Crippen molar-refractivity contribution in [1.82, 2.24) is 4.98 Å². The molecule has 0 radical (unpaired) electrons. The Bertz CT molecular complexity index is 1390. The molecule has 1 amide bonds. The highest BCUT2D eigenvalue weighted by Gasteiger charge is 2.27. The normalized spacial score (nSPS) is 13.2. The number of fused-ring (bicyclic) bond motifs is 1. The maximum Gasteiger partial charge on any atom is 0.348 e. The van der Waals surface area contributed by atoms with E-state index in [-0.39, 0.29) is 12.0 Å². The summed E-state index contributed by atoms with van der Waals surface area (Å²) < 4.78 is 34.5. The number of unbranched alkanes of at least 4 members (excludes halogenated alkanes) is 1. The van der Waals surface area contributed by atoms with Gasteiger partial charge in [0, 0.05) is 41.0 Å². The number of benzene rings is 2. The average molecular weight is 574 g/mol. The predicted molar refractivity (Wildman–Crippen MR) is 140 cm³/mol. The second-order valence-electron chi connectivity index (χ2n) is 8.92. The summed E-state index contributed by atoms with van der Waals surface area (Å²) in [7, 11) is 0. The van der Waals surface area contributed by atoms with Crippen molar-refractivity contribution >= 4 is 56.2 Å². The fourth-order valence-corrected chi connectivity index (χ4v) is 4.78. The Morgan fingerprint density at radius 2 is 1.86 bits per heavy atom. The topological polar surface area (TPSA) is 88.6 Å². The number of amides is 1. The van der Waals surface area contributed by atoms with E-state index < -0.39 is 40.7 Å². The largest absolute Gasteiger partial charge is 0.389 e. The summed E-state index contributed by atoms with van der Waals surface area (Å²) in [6.45, 7) is 5.22. The summed E-state index contributed by atoms with van der Waals surface area (Å²) in [5.74, 6) is -4.33. The van der Waals surface area contributed by atoms with Crippen LogP contribution in [0.25, 0.3) is 10.9 Å². The number of nitrogens with zero attached hydrogens (tertiary/aromatic N) is 2. The van der Waals surface area contributed by atoms with Gasteiger partial charge < -0.3 is 15.0 Å². The van der Waals surface area contributed by atoms with Gasteiger partial charge in [-0.3, -0.25) is 9.59 Å². The number of hydrogen-bond donors (Lipinski definition) is 1. The molecular formula is C27H26BrF2N3O4. The molecule has 0 spiro atoms. The van der Waals surface area contributed by atoms with Crippen LogP contribution in [-0.4, -0.2) is 35.9 Å². The van der Waals surface area contributed by atoms with Gasteiger partial charge in [0.2, 0.25) is 0 Å². The molecule has 1 aromatic heterocycles. The first-order chi connectivity index (χ1) is 17.7. The van der Waals surface area contributed by atoms with Gasteiger partial charge in [-0.15, -0.1) is 0 Å². The molecule has 1 aliphatic heterocycles. The van der Waals surface area contributed by atoms with Crippen LogP contribution in [0.15, 0.2) is 34.8 Å². The zero-order chi connectivity index (χ0) is 26.7. The Morgan fingerprint density at radius 3 is 2.57 bits per heavy atom. The molecule has 0 unspecified atom stereocenters. The molecule has 1 N–H and O–H groups in total. The maximum absolute atomic E-state index is 14.9. The minimum Gasteiger partial charge on any atom is -0.389 e. The van der Waals surface area contributed by atoms with Gasteiger partial charge in [-0.1, -0.05) is 29.3 Å². The minimum atomic E-state index is -1.24. The highest BCUT2D eigenvalue weighted by atomic mass is 79.9. The van der Waals surface area contributed by atoms with Crippen LogP contribution in [-0.2, 0) is 9.53 Å². The third-order valence-corrected chi connectivity index (χ3v) is 6.75. The third-order valence-electron chi connectivity index (χ3n) is 6.25. The smallest absolute Gasteiger partial charge is 0.348 e. The summed E-state index contributed by atoms with van der Waals surface area (Å²) in [4.78, 5) is 45.1. The van der Waals surface area contributed by atoms with Crippen molar-refractivity contribution in [2.24, 2.45) is 0 Å². The number of carbonyl (C=O) groups excluding carboxylic acids is 3. The molecule has 194 valence electrons. The first-order valence-corrected chi connectivity index (χ1v) is 12.9. The SMILES string of the molecule is CCCCC(=O)OC(=O)c1cc(F)cc(F)c1NC(=O)c1c(C)c(N2CCCC2)nc2ccc(Br)cc12. The Morgan fingerprint density at radius 1 is 1.14 bits per heavy atom. The number of pyridine rings is 1. The first kappa shape index (κ1) is 26.7. The van der Waals surface area contributed by atoms with Gasteiger partial charge in [0.25, 0.3) is 5.91 Å². The summed E-state index contributed by atoms with van der Waals surface area (Å²) in [5, 5.41) is 2.96. The minimum absolute atomic E-state index is 0.0158. The van der Waals surface area contributed by atoms with Crippen molar-refractivity contribution in [3.05, 3.63) is 63.1 Å². The number of nitrogens with one attached hydrogen (secondary N) is 1. The summed E-state index contributed by atoms with van der Waals surface area (Å²) >= 11 is 3.42. The standard InChI is InChI=1S/C27H26BrF2N3O4/c1-3-4-7-22(34)37-27(36)19-13-17(29)14-20(30)24(19)32-26(35)23-15(2)25(33-10-5-6-11-33)31-21-9-8-16(28)12-18(21)23/h8-9,12-14H,3-7,10-11H2,1-2H3,(H,32,35). The van der Waals surface area contributed by atoms with Crippen LogP contribution in [0.2, 0.25) is 0 Å². The van der Waals surface area contributed by atoms with E-state index in [2.05, 4.69) is 26.1 Å². The molecule has 4 rings (SSSR count). The highest BCUT2D eigenvalue weighted by Crippen LogP contribution is 2.33. The van der Waals surface area contributed by atoms with E-state index in [1.165, 1.54) is 0 Å². The summed E-state index contributed by atoms with van der Waals surface area (Å²) in [6, 6.07) is 6.61. The molecule has 7 nitrogen and oxygen atoms in total. The quantitative estimate of drug-likeness (QED) is 0.263. The molecule has 1 aliphatic rings. The molecule has 3 aromatic rings. The van der Waals surface area contributed by atoms with Crippen LogP contribution < -0.4 is 10.2 Å². The molecule has 1 saturated heterocycles. The van der Waals surface area contributed by atoms with Crippen LogP contribution in [0.3, 0.4) is 0 Å². The van der Waals surface area contributed by atoms with E-state index in [0.29, 0.717) is 45.7 Å². The number of hydrogen-bond acceptors (Lipinski definition) is 6. The lowest BCUT2D eigenvalue weighted by molar-refractivity contribution is -0.138. The molecule has 0 bridgehead atoms. The third kappa shape index (κ3) is 5.79. The summed E-state index contributed by atoms with van der Waals surface area (Å²) in [5.41, 5.74) is 0.248. The Labute approximate surface area is 221 Å². The van der Waals surface area contributed by atoms with Crippen molar-refractivity contribution in [1.29, 1.82) is 0 Å². The number of esters is 2. The van der Waals surface area contributed by atoms with Crippen molar-refractivity contribution < 1.29 is 27.9 Å². The molecule has 37 heavy (non-hydrogen) atoms. The Hall–Kier alpha value is -3.40. The highest BCUT2D eigenvalue weighted by molar-refractivity contribution is 9.10. The molecule has 1 fully saturated rings. The van der Waals surface area contributed by atoms with Crippen LogP contribution in [0, 0.1) is 18.6 Å². The molecular weight excluding hydrogens is 548 g/mol. The maximum atomic E-state index is 14.9. The van der Waals surface area contributed by atoms with Crippen molar-refractivity contribution in [3.63, 3.8) is 0 Å². The number of halogens is 3. The van der Waals surface area contributed by atoms with E-state index in [1.807, 2.05) is 13.0 Å². The van der Waals surface area contributed by atoms with Crippen LogP contribution in [0.5, 0.6) is 0 Å². The van der Waals surface area contributed by atoms with E-state index in [4.69, 9.17) is 9.72 Å². The van der Waals surface area contributed by atoms with Gasteiger partial charge in [0.15, 0.2) is 5.82 Å². The Kier molecular flexibility index (Phi) is 8.16. The fraction of sp³-hybridized carbons (Fsp3) is 0.333. The van der Waals surface area contributed by atoms with Gasteiger partial charge >= 0.3 is 11.9 Å². The number of rotatable bonds is 7. The van der Waals surface area contributed by atoms with Crippen molar-refractivity contribution in [2.45, 2.75) is 46.0 Å². The number of aromatic nitrogens is 1. The van der Waals surface area contributed by atoms with Gasteiger partial charge in [0.05, 0.1) is 22.3 Å². The average Bonchev–Trinajstić information content (AvgIpc) is 3.38. The van der Waals surface area contributed by atoms with E-state index in [1.54, 1.807) is 19.1 Å². The molecule has 2 aromatic carbocycles. The first-order valence-electron chi connectivity index (χ1n) is 12.1. The van der Waals surface area contributed by atoms with Gasteiger partial charge in [-0.25, -0.2) is 18.6 Å². The van der Waals surface area contributed by atoms with Gasteiger partial charge in [-0.05, 0) is 50.5 Å². The zero-order valence-electron chi connectivity index (χ0n) is 20.5. The fourth-order valence-electron chi connectivity index (χ4n) is 4.42. The molecule has 0 atom stereocenters. The lowest BCUT2D eigenvalue weighted by Crippen LogP contribution is -2.24. The van der Waals surface area contributed by atoms with Crippen molar-refractivity contribution in [3.8, 4) is 0 Å². The van der Waals surface area contributed by atoms with E-state index >= 15 is 0 Å². The second-order valence-corrected chi connectivity index (χ2v) is 9.84. The molecule has 0 saturated carbocycles. The van der Waals surface area contributed by atoms with Gasteiger partial charge in [-0.2, -0.15) is 0 Å². The van der Waals surface area contributed by atoms with Crippen LogP contribution >= 0.6 is 15.9 Å². The lowest BCUT2D eigenvalue weighted by atomic mass is 10.0. The zero-order valence-corrected chi connectivity index (χ0v) is 22.1.